The Morgan fingerprint density at radius 3 is 2.06 bits per heavy atom. The van der Waals surface area contributed by atoms with Crippen LogP contribution in [0.25, 0.3) is 0 Å². The molecule has 3 N–H and O–H groups in total. The Morgan fingerprint density at radius 1 is 1.03 bits per heavy atom. The van der Waals surface area contributed by atoms with Crippen LogP contribution < -0.4 is 11.1 Å². The minimum Gasteiger partial charge on any atom is -0.462 e. The predicted molar refractivity (Wildman–Crippen MR) is 116 cm³/mol. The fourth-order valence-electron chi connectivity index (χ4n) is 3.27. The van der Waals surface area contributed by atoms with Crippen molar-refractivity contribution in [2.24, 2.45) is 5.73 Å². The molecule has 1 fully saturated rings. The van der Waals surface area contributed by atoms with Crippen molar-refractivity contribution < 1.29 is 52.5 Å². The third-order valence-corrected chi connectivity index (χ3v) is 5.87. The molecule has 0 saturated carbocycles. The van der Waals surface area contributed by atoms with Crippen molar-refractivity contribution in [1.29, 1.82) is 0 Å². The monoisotopic (exact) mass is 586 g/mol. The number of carbonyl (C=O) groups is 6. The number of primary amides is 1. The number of ether oxygens (including phenoxy) is 5. The van der Waals surface area contributed by atoms with E-state index in [1.54, 1.807) is 22.6 Å². The number of esters is 4. The first kappa shape index (κ1) is 28.5. The molecule has 0 aromatic heterocycles. The van der Waals surface area contributed by atoms with Gasteiger partial charge in [-0.2, -0.15) is 0 Å². The zero-order chi connectivity index (χ0) is 25.5. The van der Waals surface area contributed by atoms with Gasteiger partial charge in [0.2, 0.25) is 5.91 Å². The van der Waals surface area contributed by atoms with E-state index in [-0.39, 0.29) is 6.61 Å². The standard InChI is InChI=1S/C19H27IN2O11/c1-8(23)22-16-13(30-10(3)25)6-19(18(21)28,32-12(5)27)33-17(16)15(20)14(31-11(4)26)7-29-9(2)24/h13-17H,6-7H2,1-5H3,(H2,21,28)(H,22,23)/t13-,14?,15?,16-,17?,19+/m1/s1. The number of hydrogen-bond donors (Lipinski definition) is 2. The van der Waals surface area contributed by atoms with E-state index in [9.17, 15) is 28.8 Å². The summed E-state index contributed by atoms with van der Waals surface area (Å²) in [5, 5.41) is 2.58. The van der Waals surface area contributed by atoms with Crippen molar-refractivity contribution >= 4 is 58.3 Å². The maximum Gasteiger partial charge on any atom is 0.305 e. The number of carbonyl (C=O) groups excluding carboxylic acids is 6. The molecule has 2 amide bonds. The number of nitrogens with two attached hydrogens (primary N) is 1. The van der Waals surface area contributed by atoms with E-state index in [2.05, 4.69) is 5.32 Å². The largest absolute Gasteiger partial charge is 0.462 e. The summed E-state index contributed by atoms with van der Waals surface area (Å²) in [5.74, 6) is -7.09. The van der Waals surface area contributed by atoms with Crippen LogP contribution in [0.15, 0.2) is 0 Å². The Kier molecular flexibility index (Phi) is 10.5. The summed E-state index contributed by atoms with van der Waals surface area (Å²) in [5.41, 5.74) is 5.48. The van der Waals surface area contributed by atoms with Gasteiger partial charge < -0.3 is 34.7 Å². The van der Waals surface area contributed by atoms with Crippen molar-refractivity contribution in [3.63, 3.8) is 0 Å². The summed E-state index contributed by atoms with van der Waals surface area (Å²) in [6.07, 6.45) is -4.11. The number of alkyl halides is 1. The average molecular weight is 586 g/mol. The molecule has 0 bridgehead atoms. The smallest absolute Gasteiger partial charge is 0.305 e. The Labute approximate surface area is 203 Å². The van der Waals surface area contributed by atoms with Gasteiger partial charge in [0.05, 0.1) is 16.4 Å². The number of rotatable bonds is 9. The van der Waals surface area contributed by atoms with Crippen molar-refractivity contribution in [2.75, 3.05) is 6.61 Å². The zero-order valence-electron chi connectivity index (χ0n) is 18.7. The van der Waals surface area contributed by atoms with Crippen molar-refractivity contribution in [2.45, 2.75) is 75.1 Å². The Balaban J connectivity index is 3.54. The van der Waals surface area contributed by atoms with E-state index in [1.807, 2.05) is 0 Å². The maximum atomic E-state index is 12.3. The van der Waals surface area contributed by atoms with Gasteiger partial charge in [-0.3, -0.25) is 28.8 Å². The van der Waals surface area contributed by atoms with Crippen molar-refractivity contribution in [3.8, 4) is 0 Å². The zero-order valence-corrected chi connectivity index (χ0v) is 20.9. The van der Waals surface area contributed by atoms with Crippen LogP contribution in [0.1, 0.15) is 41.0 Å². The highest BCUT2D eigenvalue weighted by atomic mass is 127. The highest BCUT2D eigenvalue weighted by molar-refractivity contribution is 14.1. The Morgan fingerprint density at radius 2 is 1.64 bits per heavy atom. The molecule has 186 valence electrons. The van der Waals surface area contributed by atoms with E-state index in [0.717, 1.165) is 27.7 Å². The average Bonchev–Trinajstić information content (AvgIpc) is 2.64. The molecule has 1 rings (SSSR count). The predicted octanol–water partition coefficient (Wildman–Crippen LogP) is -0.745. The molecule has 1 aliphatic rings. The molecule has 3 unspecified atom stereocenters. The second kappa shape index (κ2) is 12.1. The third kappa shape index (κ3) is 8.42. The van der Waals surface area contributed by atoms with Gasteiger partial charge >= 0.3 is 23.9 Å². The van der Waals surface area contributed by atoms with Gasteiger partial charge in [-0.1, -0.05) is 22.6 Å². The minimum absolute atomic E-state index is 0.384. The molecule has 0 spiro atoms. The van der Waals surface area contributed by atoms with Crippen LogP contribution >= 0.6 is 22.6 Å². The van der Waals surface area contributed by atoms with Gasteiger partial charge in [0.1, 0.15) is 18.8 Å². The lowest BCUT2D eigenvalue weighted by Gasteiger charge is -2.47. The molecule has 14 heteroatoms. The summed E-state index contributed by atoms with van der Waals surface area (Å²) in [6, 6.07) is -1.08. The summed E-state index contributed by atoms with van der Waals surface area (Å²) in [7, 11) is 0. The van der Waals surface area contributed by atoms with Gasteiger partial charge in [0.25, 0.3) is 11.7 Å². The second-order valence-corrected chi connectivity index (χ2v) is 8.70. The molecular formula is C19H27IN2O11. The Hall–Kier alpha value is -2.49. The van der Waals surface area contributed by atoms with Crippen LogP contribution in [0.4, 0.5) is 0 Å². The summed E-state index contributed by atoms with van der Waals surface area (Å²) in [6.45, 7) is 5.23. The molecule has 6 atom stereocenters. The normalized spacial score (nSPS) is 26.2. The SMILES string of the molecule is CC(=O)N[C@H]1C(C(I)C(COC(C)=O)OC(C)=O)O[C@](OC(C)=O)(C(N)=O)C[C@H]1OC(C)=O. The molecule has 0 aromatic rings. The first-order valence-corrected chi connectivity index (χ1v) is 11.0. The quantitative estimate of drug-likeness (QED) is 0.150. The molecule has 0 radical (unpaired) electrons. The number of halogens is 1. The summed E-state index contributed by atoms with van der Waals surface area (Å²) >= 11 is 1.80. The molecule has 33 heavy (non-hydrogen) atoms. The lowest BCUT2D eigenvalue weighted by molar-refractivity contribution is -0.277. The van der Waals surface area contributed by atoms with Gasteiger partial charge in [0.15, 0.2) is 6.10 Å². The molecule has 1 saturated heterocycles. The number of nitrogens with one attached hydrogen (secondary N) is 1. The molecule has 0 aliphatic carbocycles. The molecular weight excluding hydrogens is 559 g/mol. The van der Waals surface area contributed by atoms with Crippen LogP contribution in [0.5, 0.6) is 0 Å². The van der Waals surface area contributed by atoms with Gasteiger partial charge in [-0.05, 0) is 0 Å². The van der Waals surface area contributed by atoms with E-state index in [0.29, 0.717) is 0 Å². The van der Waals surface area contributed by atoms with Crippen LogP contribution in [-0.2, 0) is 52.5 Å². The molecule has 1 heterocycles. The van der Waals surface area contributed by atoms with Crippen LogP contribution in [0, 0.1) is 0 Å². The van der Waals surface area contributed by atoms with Gasteiger partial charge in [-0.25, -0.2) is 0 Å². The number of amides is 2. The maximum absolute atomic E-state index is 12.3. The Bertz CT molecular complexity index is 805. The lowest BCUT2D eigenvalue weighted by atomic mass is 9.89. The van der Waals surface area contributed by atoms with Gasteiger partial charge in [0, 0.05) is 34.6 Å². The first-order chi connectivity index (χ1) is 15.2. The number of hydrogen-bond acceptors (Lipinski definition) is 11. The highest BCUT2D eigenvalue weighted by Crippen LogP contribution is 2.37. The summed E-state index contributed by atoms with van der Waals surface area (Å²) < 4.78 is 25.5. The first-order valence-electron chi connectivity index (χ1n) is 9.74. The van der Waals surface area contributed by atoms with Crippen LogP contribution in [0.3, 0.4) is 0 Å². The topological polar surface area (TPSA) is 187 Å². The highest BCUT2D eigenvalue weighted by Gasteiger charge is 2.57. The van der Waals surface area contributed by atoms with E-state index in [4.69, 9.17) is 29.4 Å². The fraction of sp³-hybridized carbons (Fsp3) is 0.684. The van der Waals surface area contributed by atoms with E-state index < -0.39 is 76.2 Å². The summed E-state index contributed by atoms with van der Waals surface area (Å²) in [4.78, 5) is 70.7. The molecule has 13 nitrogen and oxygen atoms in total. The molecule has 0 aromatic carbocycles. The minimum atomic E-state index is -2.35. The third-order valence-electron chi connectivity index (χ3n) is 4.36. The van der Waals surface area contributed by atoms with E-state index in [1.165, 1.54) is 6.92 Å². The second-order valence-electron chi connectivity index (χ2n) is 7.27. The lowest BCUT2D eigenvalue weighted by Crippen LogP contribution is -2.68. The van der Waals surface area contributed by atoms with E-state index >= 15 is 0 Å². The fourth-order valence-corrected chi connectivity index (χ4v) is 4.22. The van der Waals surface area contributed by atoms with Gasteiger partial charge in [-0.15, -0.1) is 0 Å². The molecule has 1 aliphatic heterocycles. The van der Waals surface area contributed by atoms with Crippen LogP contribution in [-0.4, -0.2) is 76.4 Å². The van der Waals surface area contributed by atoms with Crippen LogP contribution in [0.2, 0.25) is 0 Å². The van der Waals surface area contributed by atoms with Crippen molar-refractivity contribution in [3.05, 3.63) is 0 Å². The van der Waals surface area contributed by atoms with Crippen molar-refractivity contribution in [1.82, 2.24) is 5.32 Å².